The number of likely N-dealkylation sites (tertiary alicyclic amines) is 1. The molecule has 2 aliphatic rings. The first-order chi connectivity index (χ1) is 13.3. The molecule has 142 valence electrons. The molecule has 1 saturated heterocycles. The van der Waals surface area contributed by atoms with Crippen LogP contribution in [0, 0.1) is 0 Å². The first-order valence-corrected chi connectivity index (χ1v) is 9.75. The molecule has 1 amide bonds. The number of ether oxygens (including phenoxy) is 2. The molecule has 4 rings (SSSR count). The van der Waals surface area contributed by atoms with E-state index in [1.807, 2.05) is 24.3 Å². The molecule has 0 saturated carbocycles. The number of hydrogen-bond acceptors (Lipinski definition) is 4. The summed E-state index contributed by atoms with van der Waals surface area (Å²) in [5.74, 6) is 1.29. The number of benzene rings is 2. The van der Waals surface area contributed by atoms with Gasteiger partial charge in [0.2, 0.25) is 0 Å². The molecule has 0 bridgehead atoms. The second-order valence-electron chi connectivity index (χ2n) is 7.23. The van der Waals surface area contributed by atoms with E-state index in [2.05, 4.69) is 22.3 Å². The van der Waals surface area contributed by atoms with Crippen molar-refractivity contribution in [3.8, 4) is 11.5 Å². The third-order valence-corrected chi connectivity index (χ3v) is 5.14. The van der Waals surface area contributed by atoms with Crippen LogP contribution in [0.4, 0.5) is 0 Å². The van der Waals surface area contributed by atoms with Crippen LogP contribution in [0.2, 0.25) is 0 Å². The third-order valence-electron chi connectivity index (χ3n) is 5.14. The van der Waals surface area contributed by atoms with Gasteiger partial charge in [-0.1, -0.05) is 30.3 Å². The SMILES string of the molecule is O=C(NC(Cc1ccccc1)CN1CCCC1)c1ccc2c(c1)OCCO2. The molecular formula is C22H26N2O3. The highest BCUT2D eigenvalue weighted by Gasteiger charge is 2.21. The Morgan fingerprint density at radius 3 is 2.52 bits per heavy atom. The second kappa shape index (κ2) is 8.44. The Balaban J connectivity index is 1.46. The van der Waals surface area contributed by atoms with Gasteiger partial charge in [-0.2, -0.15) is 0 Å². The number of rotatable bonds is 6. The fourth-order valence-electron chi connectivity index (χ4n) is 3.79. The maximum atomic E-state index is 12.9. The van der Waals surface area contributed by atoms with E-state index in [-0.39, 0.29) is 11.9 Å². The number of nitrogens with one attached hydrogen (secondary N) is 1. The normalized spacial score (nSPS) is 17.5. The third kappa shape index (κ3) is 4.61. The molecule has 0 spiro atoms. The fraction of sp³-hybridized carbons (Fsp3) is 0.409. The second-order valence-corrected chi connectivity index (χ2v) is 7.23. The summed E-state index contributed by atoms with van der Waals surface area (Å²) < 4.78 is 11.2. The summed E-state index contributed by atoms with van der Waals surface area (Å²) in [7, 11) is 0. The molecule has 1 fully saturated rings. The van der Waals surface area contributed by atoms with Crippen molar-refractivity contribution < 1.29 is 14.3 Å². The lowest BCUT2D eigenvalue weighted by Crippen LogP contribution is -2.44. The van der Waals surface area contributed by atoms with E-state index >= 15 is 0 Å². The van der Waals surface area contributed by atoms with Crippen LogP contribution in [0.25, 0.3) is 0 Å². The summed E-state index contributed by atoms with van der Waals surface area (Å²) in [6.45, 7) is 4.18. The zero-order valence-corrected chi connectivity index (χ0v) is 15.5. The Labute approximate surface area is 160 Å². The molecule has 2 aromatic carbocycles. The summed E-state index contributed by atoms with van der Waals surface area (Å²) in [6.07, 6.45) is 3.32. The molecule has 2 heterocycles. The zero-order valence-electron chi connectivity index (χ0n) is 15.5. The Hall–Kier alpha value is -2.53. The molecule has 1 N–H and O–H groups in total. The van der Waals surface area contributed by atoms with Gasteiger partial charge in [0.25, 0.3) is 5.91 Å². The molecule has 1 unspecified atom stereocenters. The molecule has 0 aliphatic carbocycles. The molecule has 2 aromatic rings. The van der Waals surface area contributed by atoms with Crippen molar-refractivity contribution in [2.75, 3.05) is 32.8 Å². The lowest BCUT2D eigenvalue weighted by Gasteiger charge is -2.25. The quantitative estimate of drug-likeness (QED) is 0.854. The Morgan fingerprint density at radius 2 is 1.74 bits per heavy atom. The lowest BCUT2D eigenvalue weighted by molar-refractivity contribution is 0.0926. The lowest BCUT2D eigenvalue weighted by atomic mass is 10.0. The van der Waals surface area contributed by atoms with E-state index in [0.29, 0.717) is 30.3 Å². The molecule has 27 heavy (non-hydrogen) atoms. The van der Waals surface area contributed by atoms with Crippen molar-refractivity contribution in [3.63, 3.8) is 0 Å². The van der Waals surface area contributed by atoms with Crippen LogP contribution >= 0.6 is 0 Å². The molecule has 2 aliphatic heterocycles. The van der Waals surface area contributed by atoms with E-state index < -0.39 is 0 Å². The van der Waals surface area contributed by atoms with E-state index in [1.54, 1.807) is 12.1 Å². The highest BCUT2D eigenvalue weighted by molar-refractivity contribution is 5.95. The summed E-state index contributed by atoms with van der Waals surface area (Å²) in [6, 6.07) is 15.8. The number of amides is 1. The molecule has 5 nitrogen and oxygen atoms in total. The minimum absolute atomic E-state index is 0.0629. The van der Waals surface area contributed by atoms with Crippen LogP contribution in [0.15, 0.2) is 48.5 Å². The topological polar surface area (TPSA) is 50.8 Å². The molecule has 1 atom stereocenters. The van der Waals surface area contributed by atoms with Crippen LogP contribution in [0.1, 0.15) is 28.8 Å². The molecule has 0 aromatic heterocycles. The highest BCUT2D eigenvalue weighted by atomic mass is 16.6. The van der Waals surface area contributed by atoms with Gasteiger partial charge in [0.1, 0.15) is 13.2 Å². The first-order valence-electron chi connectivity index (χ1n) is 9.75. The summed E-state index contributed by atoms with van der Waals surface area (Å²) in [5.41, 5.74) is 1.85. The smallest absolute Gasteiger partial charge is 0.251 e. The van der Waals surface area contributed by atoms with Crippen molar-refractivity contribution >= 4 is 5.91 Å². The van der Waals surface area contributed by atoms with Crippen LogP contribution in [-0.2, 0) is 6.42 Å². The van der Waals surface area contributed by atoms with Gasteiger partial charge < -0.3 is 19.7 Å². The predicted octanol–water partition coefficient (Wildman–Crippen LogP) is 2.89. The average Bonchev–Trinajstić information content (AvgIpc) is 3.21. The van der Waals surface area contributed by atoms with Crippen molar-refractivity contribution in [2.24, 2.45) is 0 Å². The Kier molecular flexibility index (Phi) is 5.58. The minimum Gasteiger partial charge on any atom is -0.486 e. The maximum Gasteiger partial charge on any atom is 0.251 e. The van der Waals surface area contributed by atoms with Crippen LogP contribution < -0.4 is 14.8 Å². The van der Waals surface area contributed by atoms with Crippen LogP contribution in [-0.4, -0.2) is 49.7 Å². The first kappa shape index (κ1) is 17.9. The minimum atomic E-state index is -0.0629. The monoisotopic (exact) mass is 366 g/mol. The van der Waals surface area contributed by atoms with Gasteiger partial charge in [0.15, 0.2) is 11.5 Å². The van der Waals surface area contributed by atoms with Crippen molar-refractivity contribution in [3.05, 3.63) is 59.7 Å². The van der Waals surface area contributed by atoms with Crippen LogP contribution in [0.3, 0.4) is 0 Å². The van der Waals surface area contributed by atoms with Crippen molar-refractivity contribution in [1.82, 2.24) is 10.2 Å². The number of carbonyl (C=O) groups is 1. The number of nitrogens with zero attached hydrogens (tertiary/aromatic N) is 1. The van der Waals surface area contributed by atoms with Gasteiger partial charge in [-0.3, -0.25) is 4.79 Å². The largest absolute Gasteiger partial charge is 0.486 e. The Bertz CT molecular complexity index is 772. The fourth-order valence-corrected chi connectivity index (χ4v) is 3.79. The van der Waals surface area contributed by atoms with E-state index in [9.17, 15) is 4.79 Å². The van der Waals surface area contributed by atoms with Gasteiger partial charge in [0.05, 0.1) is 0 Å². The zero-order chi connectivity index (χ0) is 18.5. The van der Waals surface area contributed by atoms with Gasteiger partial charge in [-0.15, -0.1) is 0 Å². The number of hydrogen-bond donors (Lipinski definition) is 1. The van der Waals surface area contributed by atoms with Gasteiger partial charge in [0, 0.05) is 18.2 Å². The molecule has 0 radical (unpaired) electrons. The van der Waals surface area contributed by atoms with E-state index in [4.69, 9.17) is 9.47 Å². The predicted molar refractivity (Wildman–Crippen MR) is 105 cm³/mol. The number of fused-ring (bicyclic) bond motifs is 1. The number of carbonyl (C=O) groups excluding carboxylic acids is 1. The van der Waals surface area contributed by atoms with Gasteiger partial charge in [-0.05, 0) is 56.1 Å². The Morgan fingerprint density at radius 1 is 1.00 bits per heavy atom. The summed E-state index contributed by atoms with van der Waals surface area (Å²) in [4.78, 5) is 15.3. The maximum absolute atomic E-state index is 12.9. The van der Waals surface area contributed by atoms with Gasteiger partial charge in [-0.25, -0.2) is 0 Å². The highest BCUT2D eigenvalue weighted by Crippen LogP contribution is 2.30. The van der Waals surface area contributed by atoms with Gasteiger partial charge >= 0.3 is 0 Å². The summed E-state index contributed by atoms with van der Waals surface area (Å²) in [5, 5.41) is 3.24. The van der Waals surface area contributed by atoms with E-state index in [1.165, 1.54) is 18.4 Å². The average molecular weight is 366 g/mol. The molecule has 5 heteroatoms. The van der Waals surface area contributed by atoms with Crippen molar-refractivity contribution in [2.45, 2.75) is 25.3 Å². The standard InChI is InChI=1S/C22H26N2O3/c25-22(18-8-9-20-21(15-18)27-13-12-26-20)23-19(16-24-10-4-5-11-24)14-17-6-2-1-3-7-17/h1-3,6-9,15,19H,4-5,10-14,16H2,(H,23,25). The molecular weight excluding hydrogens is 340 g/mol. The van der Waals surface area contributed by atoms with Crippen molar-refractivity contribution in [1.29, 1.82) is 0 Å². The van der Waals surface area contributed by atoms with Crippen LogP contribution in [0.5, 0.6) is 11.5 Å². The van der Waals surface area contributed by atoms with E-state index in [0.717, 1.165) is 26.1 Å². The summed E-state index contributed by atoms with van der Waals surface area (Å²) >= 11 is 0.